The van der Waals surface area contributed by atoms with Gasteiger partial charge in [-0.15, -0.1) is 0 Å². The van der Waals surface area contributed by atoms with Gasteiger partial charge in [0.2, 0.25) is 0 Å². The van der Waals surface area contributed by atoms with Gasteiger partial charge in [-0.2, -0.15) is 5.26 Å². The molecule has 2 nitrogen and oxygen atoms in total. The van der Waals surface area contributed by atoms with Crippen molar-refractivity contribution in [2.45, 2.75) is 32.4 Å². The molecule has 3 heteroatoms. The summed E-state index contributed by atoms with van der Waals surface area (Å²) in [6.07, 6.45) is 0.718. The molecule has 0 radical (unpaired) electrons. The van der Waals surface area contributed by atoms with E-state index in [2.05, 4.69) is 11.4 Å². The number of hydrogen-bond acceptors (Lipinski definition) is 2. The lowest BCUT2D eigenvalue weighted by molar-refractivity contribution is 0.486. The monoisotopic (exact) mass is 206 g/mol. The van der Waals surface area contributed by atoms with Crippen molar-refractivity contribution in [1.29, 1.82) is 5.26 Å². The molecule has 0 aliphatic heterocycles. The molecule has 1 rings (SSSR count). The average Bonchev–Trinajstić information content (AvgIpc) is 2.26. The van der Waals surface area contributed by atoms with Crippen molar-refractivity contribution in [3.63, 3.8) is 0 Å². The smallest absolute Gasteiger partial charge is 0.127 e. The van der Waals surface area contributed by atoms with Crippen LogP contribution in [0.15, 0.2) is 24.3 Å². The first-order chi connectivity index (χ1) is 7.19. The molecule has 0 saturated heterocycles. The second-order valence-electron chi connectivity index (χ2n) is 3.50. The van der Waals surface area contributed by atoms with Gasteiger partial charge in [-0.25, -0.2) is 4.39 Å². The van der Waals surface area contributed by atoms with Crippen LogP contribution in [0.4, 0.5) is 4.39 Å². The first-order valence-electron chi connectivity index (χ1n) is 5.09. The topological polar surface area (TPSA) is 35.8 Å². The SMILES string of the molecule is CCC(C#N)N[C@H](C)c1ccccc1F. The standard InChI is InChI=1S/C12H15FN2/c1-3-10(8-14)15-9(2)11-6-4-5-7-12(11)13/h4-7,9-10,15H,3H2,1-2H3/t9-,10?/m1/s1. The fourth-order valence-corrected chi connectivity index (χ4v) is 1.46. The molecule has 15 heavy (non-hydrogen) atoms. The number of nitrogens with zero attached hydrogens (tertiary/aromatic N) is 1. The molecule has 0 amide bonds. The molecule has 0 fully saturated rings. The number of benzene rings is 1. The molecular formula is C12H15FN2. The molecule has 1 aromatic carbocycles. The maximum Gasteiger partial charge on any atom is 0.127 e. The third-order valence-electron chi connectivity index (χ3n) is 2.39. The minimum atomic E-state index is -0.231. The van der Waals surface area contributed by atoms with E-state index >= 15 is 0 Å². The quantitative estimate of drug-likeness (QED) is 0.822. The van der Waals surface area contributed by atoms with Gasteiger partial charge in [-0.1, -0.05) is 25.1 Å². The summed E-state index contributed by atoms with van der Waals surface area (Å²) < 4.78 is 13.4. The Labute approximate surface area is 89.7 Å². The second-order valence-corrected chi connectivity index (χ2v) is 3.50. The molecule has 80 valence electrons. The van der Waals surface area contributed by atoms with E-state index in [4.69, 9.17) is 5.26 Å². The van der Waals surface area contributed by atoms with E-state index in [-0.39, 0.29) is 17.9 Å². The minimum Gasteiger partial charge on any atom is -0.295 e. The van der Waals surface area contributed by atoms with Gasteiger partial charge < -0.3 is 0 Å². The lowest BCUT2D eigenvalue weighted by Gasteiger charge is -2.17. The van der Waals surface area contributed by atoms with E-state index in [1.165, 1.54) is 6.07 Å². The molecule has 1 aromatic rings. The fraction of sp³-hybridized carbons (Fsp3) is 0.417. The molecule has 1 unspecified atom stereocenters. The highest BCUT2D eigenvalue weighted by Gasteiger charge is 2.13. The summed E-state index contributed by atoms with van der Waals surface area (Å²) in [6, 6.07) is 8.39. The van der Waals surface area contributed by atoms with Crippen LogP contribution in [0.3, 0.4) is 0 Å². The fourth-order valence-electron chi connectivity index (χ4n) is 1.46. The van der Waals surface area contributed by atoms with Crippen LogP contribution >= 0.6 is 0 Å². The van der Waals surface area contributed by atoms with E-state index in [9.17, 15) is 4.39 Å². The number of halogens is 1. The Morgan fingerprint density at radius 3 is 2.67 bits per heavy atom. The van der Waals surface area contributed by atoms with Crippen molar-refractivity contribution < 1.29 is 4.39 Å². The molecule has 1 N–H and O–H groups in total. The van der Waals surface area contributed by atoms with E-state index in [1.807, 2.05) is 13.8 Å². The highest BCUT2D eigenvalue weighted by molar-refractivity contribution is 5.21. The van der Waals surface area contributed by atoms with E-state index in [1.54, 1.807) is 18.2 Å². The van der Waals surface area contributed by atoms with Crippen LogP contribution in [0.25, 0.3) is 0 Å². The molecule has 0 aliphatic rings. The second kappa shape index (κ2) is 5.47. The summed E-state index contributed by atoms with van der Waals surface area (Å²) in [7, 11) is 0. The Morgan fingerprint density at radius 2 is 2.13 bits per heavy atom. The highest BCUT2D eigenvalue weighted by Crippen LogP contribution is 2.16. The number of hydrogen-bond donors (Lipinski definition) is 1. The summed E-state index contributed by atoms with van der Waals surface area (Å²) in [5.41, 5.74) is 0.603. The molecule has 0 heterocycles. The normalized spacial score (nSPS) is 14.3. The highest BCUT2D eigenvalue weighted by atomic mass is 19.1. The Balaban J connectivity index is 2.73. The number of nitriles is 1. The van der Waals surface area contributed by atoms with Gasteiger partial charge in [0.1, 0.15) is 5.82 Å². The van der Waals surface area contributed by atoms with E-state index in [0.717, 1.165) is 6.42 Å². The van der Waals surface area contributed by atoms with Gasteiger partial charge in [-0.05, 0) is 19.4 Å². The van der Waals surface area contributed by atoms with Gasteiger partial charge in [0.05, 0.1) is 12.1 Å². The Hall–Kier alpha value is -1.40. The predicted octanol–water partition coefficient (Wildman–Crippen LogP) is 2.78. The molecule has 0 aromatic heterocycles. The maximum atomic E-state index is 13.4. The Bertz CT molecular complexity index is 357. The van der Waals surface area contributed by atoms with Gasteiger partial charge in [-0.3, -0.25) is 5.32 Å². The lowest BCUT2D eigenvalue weighted by Crippen LogP contribution is -2.30. The Morgan fingerprint density at radius 1 is 1.47 bits per heavy atom. The van der Waals surface area contributed by atoms with Crippen molar-refractivity contribution in [2.75, 3.05) is 0 Å². The first kappa shape index (κ1) is 11.7. The number of rotatable bonds is 4. The zero-order chi connectivity index (χ0) is 11.3. The van der Waals surface area contributed by atoms with Gasteiger partial charge in [0.25, 0.3) is 0 Å². The van der Waals surface area contributed by atoms with Crippen LogP contribution in [0.2, 0.25) is 0 Å². The predicted molar refractivity (Wildman–Crippen MR) is 57.6 cm³/mol. The van der Waals surface area contributed by atoms with Crippen LogP contribution in [-0.4, -0.2) is 6.04 Å². The van der Waals surface area contributed by atoms with Crippen molar-refractivity contribution in [1.82, 2.24) is 5.32 Å². The summed E-state index contributed by atoms with van der Waals surface area (Å²) in [4.78, 5) is 0. The summed E-state index contributed by atoms with van der Waals surface area (Å²) >= 11 is 0. The van der Waals surface area contributed by atoms with Crippen molar-refractivity contribution >= 4 is 0 Å². The van der Waals surface area contributed by atoms with Crippen LogP contribution in [0.5, 0.6) is 0 Å². The van der Waals surface area contributed by atoms with Crippen molar-refractivity contribution in [2.24, 2.45) is 0 Å². The average molecular weight is 206 g/mol. The van der Waals surface area contributed by atoms with Crippen LogP contribution in [0.1, 0.15) is 31.9 Å². The molecular weight excluding hydrogens is 191 g/mol. The Kier molecular flexibility index (Phi) is 4.26. The summed E-state index contributed by atoms with van der Waals surface area (Å²) in [5.74, 6) is -0.231. The van der Waals surface area contributed by atoms with Gasteiger partial charge >= 0.3 is 0 Å². The van der Waals surface area contributed by atoms with Gasteiger partial charge in [0, 0.05) is 11.6 Å². The minimum absolute atomic E-state index is 0.143. The lowest BCUT2D eigenvalue weighted by atomic mass is 10.1. The zero-order valence-electron chi connectivity index (χ0n) is 9.00. The molecule has 0 bridgehead atoms. The van der Waals surface area contributed by atoms with Crippen molar-refractivity contribution in [3.8, 4) is 6.07 Å². The molecule has 2 atom stereocenters. The summed E-state index contributed by atoms with van der Waals surface area (Å²) in [6.45, 7) is 3.79. The van der Waals surface area contributed by atoms with E-state index < -0.39 is 0 Å². The molecule has 0 aliphatic carbocycles. The van der Waals surface area contributed by atoms with Gasteiger partial charge in [0.15, 0.2) is 0 Å². The van der Waals surface area contributed by atoms with E-state index in [0.29, 0.717) is 5.56 Å². The number of nitrogens with one attached hydrogen (secondary N) is 1. The first-order valence-corrected chi connectivity index (χ1v) is 5.09. The molecule has 0 spiro atoms. The van der Waals surface area contributed by atoms with Crippen LogP contribution in [-0.2, 0) is 0 Å². The third kappa shape index (κ3) is 3.03. The zero-order valence-corrected chi connectivity index (χ0v) is 9.00. The third-order valence-corrected chi connectivity index (χ3v) is 2.39. The largest absolute Gasteiger partial charge is 0.295 e. The molecule has 0 saturated carbocycles. The maximum absolute atomic E-state index is 13.4. The summed E-state index contributed by atoms with van der Waals surface area (Å²) in [5, 5.41) is 11.9. The van der Waals surface area contributed by atoms with Crippen LogP contribution in [0, 0.1) is 17.1 Å². The van der Waals surface area contributed by atoms with Crippen molar-refractivity contribution in [3.05, 3.63) is 35.6 Å². The van der Waals surface area contributed by atoms with Crippen LogP contribution < -0.4 is 5.32 Å².